The zero-order chi connectivity index (χ0) is 16.7. The summed E-state index contributed by atoms with van der Waals surface area (Å²) in [4.78, 5) is 12.8. The maximum Gasteiger partial charge on any atom is 0.253 e. The van der Waals surface area contributed by atoms with Gasteiger partial charge in [-0.05, 0) is 75.0 Å². The zero-order valence-corrected chi connectivity index (χ0v) is 15.0. The monoisotopic (exact) mass is 344 g/mol. The van der Waals surface area contributed by atoms with E-state index in [1.54, 1.807) is 0 Å². The van der Waals surface area contributed by atoms with E-state index in [1.165, 1.54) is 38.5 Å². The largest absolute Gasteiger partial charge is 0.351 e. The number of halogens is 1. The van der Waals surface area contributed by atoms with E-state index in [1.807, 2.05) is 24.4 Å². The van der Waals surface area contributed by atoms with Crippen LogP contribution < -0.4 is 5.32 Å². The van der Waals surface area contributed by atoms with E-state index in [2.05, 4.69) is 16.8 Å². The van der Waals surface area contributed by atoms with Crippen LogP contribution in [-0.4, -0.2) is 17.0 Å². The van der Waals surface area contributed by atoms with Gasteiger partial charge < -0.3 is 9.88 Å². The highest BCUT2D eigenvalue weighted by atomic mass is 35.5. The van der Waals surface area contributed by atoms with Crippen molar-refractivity contribution in [3.63, 3.8) is 0 Å². The van der Waals surface area contributed by atoms with Crippen molar-refractivity contribution in [3.05, 3.63) is 35.0 Å². The van der Waals surface area contributed by atoms with Gasteiger partial charge in [0.25, 0.3) is 5.91 Å². The van der Waals surface area contributed by atoms with Crippen molar-refractivity contribution in [2.24, 2.45) is 11.3 Å². The maximum absolute atomic E-state index is 12.8. The van der Waals surface area contributed by atoms with Crippen LogP contribution in [0.2, 0.25) is 5.02 Å². The molecule has 5 rings (SSSR count). The summed E-state index contributed by atoms with van der Waals surface area (Å²) in [6.07, 6.45) is 9.84. The molecule has 3 fully saturated rings. The summed E-state index contributed by atoms with van der Waals surface area (Å²) in [5, 5.41) is 4.86. The molecule has 1 aromatic carbocycles. The molecule has 1 aromatic heterocycles. The second-order valence-electron chi connectivity index (χ2n) is 7.65. The fourth-order valence-electron chi connectivity index (χ4n) is 4.68. The molecule has 2 bridgehead atoms. The average Bonchev–Trinajstić information content (AvgIpc) is 2.99. The van der Waals surface area contributed by atoms with Crippen LogP contribution in [0.1, 0.15) is 55.8 Å². The molecular formula is C20H25ClN2O. The van der Waals surface area contributed by atoms with Gasteiger partial charge in [-0.1, -0.05) is 11.6 Å². The van der Waals surface area contributed by atoms with Gasteiger partial charge in [-0.15, -0.1) is 0 Å². The summed E-state index contributed by atoms with van der Waals surface area (Å²) in [6, 6.07) is 5.79. The molecular weight excluding hydrogens is 320 g/mol. The molecule has 0 radical (unpaired) electrons. The van der Waals surface area contributed by atoms with Crippen molar-refractivity contribution in [3.8, 4) is 0 Å². The van der Waals surface area contributed by atoms with E-state index in [-0.39, 0.29) is 5.91 Å². The number of carbonyl (C=O) groups excluding carboxylic acids is 1. The van der Waals surface area contributed by atoms with Crippen LogP contribution in [0.15, 0.2) is 24.4 Å². The minimum atomic E-state index is 0.0385. The minimum absolute atomic E-state index is 0.0385. The number of nitrogens with zero attached hydrogens (tertiary/aromatic N) is 1. The maximum atomic E-state index is 12.8. The number of aromatic nitrogens is 1. The normalized spacial score (nSPS) is 26.0. The molecule has 128 valence electrons. The molecule has 0 aliphatic heterocycles. The second kappa shape index (κ2) is 6.11. The highest BCUT2D eigenvalue weighted by Gasteiger charge is 2.40. The predicted octanol–water partition coefficient (Wildman–Crippen LogP) is 5.01. The lowest BCUT2D eigenvalue weighted by molar-refractivity contribution is 0.0598. The summed E-state index contributed by atoms with van der Waals surface area (Å²) in [6.45, 7) is 3.75. The molecule has 3 aliphatic carbocycles. The Morgan fingerprint density at radius 3 is 2.67 bits per heavy atom. The van der Waals surface area contributed by atoms with E-state index in [9.17, 15) is 4.79 Å². The molecule has 3 nitrogen and oxygen atoms in total. The van der Waals surface area contributed by atoms with Crippen LogP contribution in [0, 0.1) is 11.3 Å². The summed E-state index contributed by atoms with van der Waals surface area (Å²) in [5.41, 5.74) is 2.17. The number of amides is 1. The third-order valence-electron chi connectivity index (χ3n) is 6.30. The number of hydrogen-bond acceptors (Lipinski definition) is 1. The summed E-state index contributed by atoms with van der Waals surface area (Å²) >= 11 is 6.16. The SMILES string of the molecule is CCn1cc(C(=O)NCC23CCC(CC2)CC3)c2cc(Cl)ccc21. The first kappa shape index (κ1) is 16.0. The Morgan fingerprint density at radius 2 is 2.00 bits per heavy atom. The van der Waals surface area contributed by atoms with Crippen LogP contribution in [-0.2, 0) is 6.54 Å². The molecule has 1 amide bonds. The molecule has 3 aliphatic rings. The predicted molar refractivity (Wildman–Crippen MR) is 98.6 cm³/mol. The van der Waals surface area contributed by atoms with Crippen molar-refractivity contribution in [2.45, 2.75) is 52.0 Å². The Bertz CT molecular complexity index is 758. The summed E-state index contributed by atoms with van der Waals surface area (Å²) in [7, 11) is 0. The lowest BCUT2D eigenvalue weighted by Gasteiger charge is -2.46. The highest BCUT2D eigenvalue weighted by molar-refractivity contribution is 6.31. The average molecular weight is 345 g/mol. The van der Waals surface area contributed by atoms with Crippen molar-refractivity contribution in [1.82, 2.24) is 9.88 Å². The highest BCUT2D eigenvalue weighted by Crippen LogP contribution is 2.49. The number of fused-ring (bicyclic) bond motifs is 4. The number of rotatable bonds is 4. The number of nitrogens with one attached hydrogen (secondary N) is 1. The van der Waals surface area contributed by atoms with Gasteiger partial charge in [0.2, 0.25) is 0 Å². The van der Waals surface area contributed by atoms with Crippen molar-refractivity contribution >= 4 is 28.4 Å². The van der Waals surface area contributed by atoms with Gasteiger partial charge in [-0.3, -0.25) is 4.79 Å². The van der Waals surface area contributed by atoms with Crippen molar-refractivity contribution < 1.29 is 4.79 Å². The Morgan fingerprint density at radius 1 is 1.29 bits per heavy atom. The zero-order valence-electron chi connectivity index (χ0n) is 14.3. The number of hydrogen-bond donors (Lipinski definition) is 1. The van der Waals surface area contributed by atoms with Crippen molar-refractivity contribution in [2.75, 3.05) is 6.54 Å². The van der Waals surface area contributed by atoms with Crippen LogP contribution in [0.5, 0.6) is 0 Å². The quantitative estimate of drug-likeness (QED) is 0.830. The lowest BCUT2D eigenvalue weighted by Crippen LogP contribution is -2.43. The first-order chi connectivity index (χ1) is 11.6. The molecule has 1 N–H and O–H groups in total. The molecule has 2 aromatic rings. The number of aryl methyl sites for hydroxylation is 1. The van der Waals surface area contributed by atoms with E-state index in [0.717, 1.165) is 35.5 Å². The number of carbonyl (C=O) groups is 1. The van der Waals surface area contributed by atoms with Gasteiger partial charge in [-0.25, -0.2) is 0 Å². The summed E-state index contributed by atoms with van der Waals surface area (Å²) in [5.74, 6) is 0.990. The topological polar surface area (TPSA) is 34.0 Å². The molecule has 0 spiro atoms. The van der Waals surface area contributed by atoms with E-state index in [0.29, 0.717) is 10.4 Å². The number of benzene rings is 1. The van der Waals surface area contributed by atoms with Gasteiger partial charge in [0.15, 0.2) is 0 Å². The molecule has 1 heterocycles. The molecule has 24 heavy (non-hydrogen) atoms. The third kappa shape index (κ3) is 2.73. The Hall–Kier alpha value is -1.48. The van der Waals surface area contributed by atoms with Crippen molar-refractivity contribution in [1.29, 1.82) is 0 Å². The first-order valence-corrected chi connectivity index (χ1v) is 9.55. The smallest absolute Gasteiger partial charge is 0.253 e. The Balaban J connectivity index is 1.56. The Labute approximate surface area is 148 Å². The molecule has 0 saturated heterocycles. The standard InChI is InChI=1S/C20H25ClN2O/c1-2-23-12-17(16-11-15(21)3-4-18(16)23)19(24)22-13-20-8-5-14(6-9-20)7-10-20/h3-4,11-12,14H,2,5-10,13H2,1H3,(H,22,24). The molecule has 0 atom stereocenters. The summed E-state index contributed by atoms with van der Waals surface area (Å²) < 4.78 is 2.12. The van der Waals surface area contributed by atoms with Crippen LogP contribution in [0.25, 0.3) is 10.9 Å². The second-order valence-corrected chi connectivity index (χ2v) is 8.09. The molecule has 3 saturated carbocycles. The third-order valence-corrected chi connectivity index (χ3v) is 6.54. The fourth-order valence-corrected chi connectivity index (χ4v) is 4.85. The lowest BCUT2D eigenvalue weighted by atomic mass is 9.61. The van der Waals surface area contributed by atoms with Gasteiger partial charge in [-0.2, -0.15) is 0 Å². The fraction of sp³-hybridized carbons (Fsp3) is 0.550. The minimum Gasteiger partial charge on any atom is -0.351 e. The molecule has 4 heteroatoms. The Kier molecular flexibility index (Phi) is 4.07. The van der Waals surface area contributed by atoms with Gasteiger partial charge in [0, 0.05) is 35.2 Å². The van der Waals surface area contributed by atoms with Crippen LogP contribution in [0.4, 0.5) is 0 Å². The van der Waals surface area contributed by atoms with E-state index in [4.69, 9.17) is 11.6 Å². The van der Waals surface area contributed by atoms with Crippen LogP contribution >= 0.6 is 11.6 Å². The van der Waals surface area contributed by atoms with Gasteiger partial charge in [0.1, 0.15) is 0 Å². The van der Waals surface area contributed by atoms with Crippen LogP contribution in [0.3, 0.4) is 0 Å². The van der Waals surface area contributed by atoms with E-state index >= 15 is 0 Å². The first-order valence-electron chi connectivity index (χ1n) is 9.17. The molecule has 0 unspecified atom stereocenters. The van der Waals surface area contributed by atoms with Gasteiger partial charge in [0.05, 0.1) is 5.56 Å². The van der Waals surface area contributed by atoms with E-state index < -0.39 is 0 Å². The van der Waals surface area contributed by atoms with Gasteiger partial charge >= 0.3 is 0 Å².